The molecule has 144 valence electrons. The molecule has 1 heterocycles. The van der Waals surface area contributed by atoms with Crippen molar-refractivity contribution in [3.05, 3.63) is 11.6 Å². The van der Waals surface area contributed by atoms with Crippen molar-refractivity contribution < 1.29 is 0 Å². The summed E-state index contributed by atoms with van der Waals surface area (Å²) in [4.78, 5) is 2.74. The van der Waals surface area contributed by atoms with Gasteiger partial charge in [0.05, 0.1) is 0 Å². The lowest BCUT2D eigenvalue weighted by atomic mass is 9.48. The highest BCUT2D eigenvalue weighted by Gasteiger charge is 2.56. The van der Waals surface area contributed by atoms with Crippen LogP contribution in [0.5, 0.6) is 0 Å². The number of piperidine rings is 1. The number of hydrogen-bond acceptors (Lipinski definition) is 1. The van der Waals surface area contributed by atoms with Crippen molar-refractivity contribution >= 4 is 35.6 Å². The molecule has 4 aliphatic rings. The van der Waals surface area contributed by atoms with Crippen LogP contribution in [0.25, 0.3) is 0 Å². The second kappa shape index (κ2) is 7.53. The van der Waals surface area contributed by atoms with E-state index in [1.165, 1.54) is 51.5 Å². The minimum absolute atomic E-state index is 0. The summed E-state index contributed by atoms with van der Waals surface area (Å²) in [6, 6.07) is 0. The van der Waals surface area contributed by atoms with Gasteiger partial charge in [0, 0.05) is 23.3 Å². The first kappa shape index (κ1) is 20.3. The van der Waals surface area contributed by atoms with E-state index in [4.69, 9.17) is 23.2 Å². The average Bonchev–Trinajstić information content (AvgIpc) is 2.56. The second-order valence-corrected chi connectivity index (χ2v) is 10.3. The zero-order valence-corrected chi connectivity index (χ0v) is 18.1. The van der Waals surface area contributed by atoms with Gasteiger partial charge in [-0.15, -0.1) is 35.6 Å². The van der Waals surface area contributed by atoms with Crippen molar-refractivity contribution in [1.82, 2.24) is 4.90 Å². The molecule has 0 aromatic heterocycles. The van der Waals surface area contributed by atoms with E-state index in [1.54, 1.807) is 5.57 Å². The third kappa shape index (κ3) is 3.20. The molecule has 25 heavy (non-hydrogen) atoms. The van der Waals surface area contributed by atoms with Crippen molar-refractivity contribution in [2.24, 2.45) is 23.2 Å². The lowest BCUT2D eigenvalue weighted by Crippen LogP contribution is -2.62. The number of alkyl halides is 2. The van der Waals surface area contributed by atoms with Crippen molar-refractivity contribution in [3.63, 3.8) is 0 Å². The quantitative estimate of drug-likeness (QED) is 0.386. The van der Waals surface area contributed by atoms with Gasteiger partial charge in [0.25, 0.3) is 0 Å². The summed E-state index contributed by atoms with van der Waals surface area (Å²) in [5.74, 6) is 3.39. The molecule has 0 N–H and O–H groups in total. The zero-order valence-electron chi connectivity index (χ0n) is 15.8. The zero-order chi connectivity index (χ0) is 16.9. The SMILES string of the molecule is CC12CCC(Cl)CC1=CCC1C2CCC2(C)C1CCCN2CCCl.Cl. The van der Waals surface area contributed by atoms with Crippen LogP contribution < -0.4 is 0 Å². The van der Waals surface area contributed by atoms with E-state index in [0.29, 0.717) is 16.3 Å². The standard InChI is InChI=1S/C21H33Cl2N.ClH/c1-20-9-7-16(23)14-15(20)5-6-17-18(20)8-10-21(2)19(17)4-3-12-24(21)13-11-22;/h5,16-19H,3-4,6-14H2,1-2H3;1H. The molecule has 1 saturated heterocycles. The van der Waals surface area contributed by atoms with E-state index in [1.807, 2.05) is 0 Å². The average molecular weight is 407 g/mol. The Morgan fingerprint density at radius 3 is 2.72 bits per heavy atom. The molecule has 1 aliphatic heterocycles. The largest absolute Gasteiger partial charge is 0.296 e. The smallest absolute Gasteiger partial charge is 0.0373 e. The van der Waals surface area contributed by atoms with Gasteiger partial charge in [-0.1, -0.05) is 18.6 Å². The van der Waals surface area contributed by atoms with Crippen LogP contribution in [0.4, 0.5) is 0 Å². The summed E-state index contributed by atoms with van der Waals surface area (Å²) in [6.07, 6.45) is 13.1. The predicted octanol–water partition coefficient (Wildman–Crippen LogP) is 6.27. The number of rotatable bonds is 2. The van der Waals surface area contributed by atoms with Gasteiger partial charge in [0.1, 0.15) is 0 Å². The van der Waals surface area contributed by atoms with Crippen LogP contribution in [0.1, 0.15) is 65.2 Å². The van der Waals surface area contributed by atoms with Crippen LogP contribution in [0.3, 0.4) is 0 Å². The molecular weight excluding hydrogens is 373 g/mol. The topological polar surface area (TPSA) is 3.24 Å². The Morgan fingerprint density at radius 2 is 1.96 bits per heavy atom. The number of fused-ring (bicyclic) bond motifs is 5. The second-order valence-electron chi connectivity index (χ2n) is 9.31. The highest BCUT2D eigenvalue weighted by atomic mass is 35.5. The molecular formula is C21H34Cl3N. The Labute approximate surface area is 170 Å². The summed E-state index contributed by atoms with van der Waals surface area (Å²) < 4.78 is 0. The summed E-state index contributed by atoms with van der Waals surface area (Å²) in [7, 11) is 0. The molecule has 0 aromatic carbocycles. The molecule has 4 rings (SSSR count). The molecule has 0 spiro atoms. The maximum absolute atomic E-state index is 6.50. The van der Waals surface area contributed by atoms with Crippen LogP contribution in [0.2, 0.25) is 0 Å². The molecule has 3 fully saturated rings. The Balaban J connectivity index is 0.00000182. The maximum Gasteiger partial charge on any atom is 0.0373 e. The summed E-state index contributed by atoms with van der Waals surface area (Å²) >= 11 is 12.6. The number of allylic oxidation sites excluding steroid dienone is 2. The van der Waals surface area contributed by atoms with Crippen molar-refractivity contribution in [2.45, 2.75) is 76.1 Å². The van der Waals surface area contributed by atoms with Gasteiger partial charge in [-0.2, -0.15) is 0 Å². The molecule has 1 nitrogen and oxygen atoms in total. The Kier molecular flexibility index (Phi) is 6.12. The molecule has 6 atom stereocenters. The van der Waals surface area contributed by atoms with Crippen LogP contribution in [-0.2, 0) is 0 Å². The van der Waals surface area contributed by atoms with Crippen molar-refractivity contribution in [3.8, 4) is 0 Å². The van der Waals surface area contributed by atoms with Crippen molar-refractivity contribution in [1.29, 1.82) is 0 Å². The van der Waals surface area contributed by atoms with Crippen LogP contribution in [0, 0.1) is 23.2 Å². The van der Waals surface area contributed by atoms with E-state index < -0.39 is 0 Å². The predicted molar refractivity (Wildman–Crippen MR) is 111 cm³/mol. The number of likely N-dealkylation sites (tertiary alicyclic amines) is 1. The highest BCUT2D eigenvalue weighted by molar-refractivity contribution is 6.20. The van der Waals surface area contributed by atoms with E-state index in [0.717, 1.165) is 36.6 Å². The van der Waals surface area contributed by atoms with Gasteiger partial charge in [-0.3, -0.25) is 4.90 Å². The van der Waals surface area contributed by atoms with Gasteiger partial charge in [0.2, 0.25) is 0 Å². The Bertz CT molecular complexity index is 519. The minimum atomic E-state index is 0. The molecule has 3 aliphatic carbocycles. The molecule has 0 aromatic rings. The van der Waals surface area contributed by atoms with Crippen LogP contribution >= 0.6 is 35.6 Å². The van der Waals surface area contributed by atoms with E-state index in [-0.39, 0.29) is 12.4 Å². The lowest BCUT2D eigenvalue weighted by Gasteiger charge is -2.62. The number of hydrogen-bond donors (Lipinski definition) is 0. The monoisotopic (exact) mass is 405 g/mol. The maximum atomic E-state index is 6.50. The fraction of sp³-hybridized carbons (Fsp3) is 0.905. The first-order chi connectivity index (χ1) is 11.5. The van der Waals surface area contributed by atoms with E-state index in [9.17, 15) is 0 Å². The Morgan fingerprint density at radius 1 is 1.16 bits per heavy atom. The molecule has 2 saturated carbocycles. The Hall–Kier alpha value is 0.570. The molecule has 0 amide bonds. The van der Waals surface area contributed by atoms with Gasteiger partial charge < -0.3 is 0 Å². The third-order valence-electron chi connectivity index (χ3n) is 8.42. The third-order valence-corrected chi connectivity index (χ3v) is 8.96. The molecule has 6 unspecified atom stereocenters. The minimum Gasteiger partial charge on any atom is -0.296 e. The summed E-state index contributed by atoms with van der Waals surface area (Å²) in [5, 5.41) is 0.378. The lowest BCUT2D eigenvalue weighted by molar-refractivity contribution is -0.0945. The van der Waals surface area contributed by atoms with E-state index in [2.05, 4.69) is 24.8 Å². The fourth-order valence-corrected chi connectivity index (χ4v) is 7.54. The van der Waals surface area contributed by atoms with Gasteiger partial charge in [-0.05, 0) is 88.0 Å². The van der Waals surface area contributed by atoms with Gasteiger partial charge >= 0.3 is 0 Å². The van der Waals surface area contributed by atoms with Crippen LogP contribution in [-0.4, -0.2) is 34.8 Å². The van der Waals surface area contributed by atoms with Gasteiger partial charge in [0.15, 0.2) is 0 Å². The van der Waals surface area contributed by atoms with Crippen LogP contribution in [0.15, 0.2) is 11.6 Å². The molecule has 0 radical (unpaired) electrons. The first-order valence-corrected chi connectivity index (χ1v) is 11.1. The fourth-order valence-electron chi connectivity index (χ4n) is 7.06. The number of halogens is 3. The number of nitrogens with zero attached hydrogens (tertiary/aromatic N) is 1. The summed E-state index contributed by atoms with van der Waals surface area (Å²) in [5.41, 5.74) is 2.52. The first-order valence-electron chi connectivity index (χ1n) is 10.1. The molecule has 4 heteroatoms. The van der Waals surface area contributed by atoms with E-state index >= 15 is 0 Å². The normalized spacial score (nSPS) is 47.0. The van der Waals surface area contributed by atoms with Gasteiger partial charge in [-0.25, -0.2) is 0 Å². The highest BCUT2D eigenvalue weighted by Crippen LogP contribution is 2.61. The summed E-state index contributed by atoms with van der Waals surface area (Å²) in [6.45, 7) is 7.44. The molecule has 0 bridgehead atoms. The van der Waals surface area contributed by atoms with Crippen molar-refractivity contribution in [2.75, 3.05) is 19.0 Å².